The number of nitriles is 2. The van der Waals surface area contributed by atoms with Gasteiger partial charge in [-0.05, 0) is 68.7 Å². The summed E-state index contributed by atoms with van der Waals surface area (Å²) < 4.78 is 12.6. The lowest BCUT2D eigenvalue weighted by Gasteiger charge is -2.41. The average molecular weight is 511 g/mol. The minimum Gasteiger partial charge on any atom is -0.454 e. The fourth-order valence-electron chi connectivity index (χ4n) is 5.95. The maximum Gasteiger partial charge on any atom is 0.270 e. The molecule has 0 N–H and O–H groups in total. The normalized spacial score (nSPS) is 20.1. The first-order valence-electron chi connectivity index (χ1n) is 13.2. The van der Waals surface area contributed by atoms with Gasteiger partial charge >= 0.3 is 0 Å². The molecule has 0 amide bonds. The lowest BCUT2D eigenvalue weighted by Crippen LogP contribution is -2.44. The zero-order chi connectivity index (χ0) is 26.4. The van der Waals surface area contributed by atoms with Crippen molar-refractivity contribution in [1.29, 1.82) is 10.5 Å². The molecule has 38 heavy (non-hydrogen) atoms. The van der Waals surface area contributed by atoms with E-state index in [1.165, 1.54) is 23.1 Å². The Morgan fingerprint density at radius 2 is 1.74 bits per heavy atom. The van der Waals surface area contributed by atoms with Crippen LogP contribution >= 0.6 is 0 Å². The number of aryl methyl sites for hydroxylation is 1. The van der Waals surface area contributed by atoms with Gasteiger partial charge in [0.25, 0.3) is 5.56 Å². The van der Waals surface area contributed by atoms with Gasteiger partial charge in [-0.15, -0.1) is 0 Å². The molecule has 2 aliphatic carbocycles. The van der Waals surface area contributed by atoms with Crippen LogP contribution in [-0.2, 0) is 7.05 Å². The van der Waals surface area contributed by atoms with Gasteiger partial charge in [-0.1, -0.05) is 0 Å². The van der Waals surface area contributed by atoms with Gasteiger partial charge in [0.1, 0.15) is 28.9 Å². The zero-order valence-electron chi connectivity index (χ0n) is 21.7. The molecule has 9 heteroatoms. The fourth-order valence-corrected chi connectivity index (χ4v) is 5.95. The summed E-state index contributed by atoms with van der Waals surface area (Å²) in [6, 6.07) is 14.3. The van der Waals surface area contributed by atoms with Crippen molar-refractivity contribution in [2.75, 3.05) is 30.2 Å². The predicted octanol–water partition coefficient (Wildman–Crippen LogP) is 4.07. The van der Waals surface area contributed by atoms with Gasteiger partial charge in [0.2, 0.25) is 6.79 Å². The van der Waals surface area contributed by atoms with Gasteiger partial charge in [0, 0.05) is 44.5 Å². The predicted molar refractivity (Wildman–Crippen MR) is 143 cm³/mol. The van der Waals surface area contributed by atoms with Crippen LogP contribution in [0.3, 0.4) is 0 Å². The highest BCUT2D eigenvalue weighted by atomic mass is 16.7. The van der Waals surface area contributed by atoms with Crippen molar-refractivity contribution in [3.63, 3.8) is 0 Å². The maximum atomic E-state index is 13.1. The summed E-state index contributed by atoms with van der Waals surface area (Å²) in [6.45, 7) is 1.31. The molecule has 0 radical (unpaired) electrons. The van der Waals surface area contributed by atoms with Gasteiger partial charge in [-0.3, -0.25) is 4.79 Å². The molecule has 6 rings (SSSR count). The second kappa shape index (κ2) is 9.57. The van der Waals surface area contributed by atoms with Crippen molar-refractivity contribution in [3.05, 3.63) is 51.9 Å². The standard InChI is InChI=1S/C29H30N6O3/c1-33(28-23(15-31)29(36)34(2)24-11-5-19(14-30)32-27(24)28)20-6-8-21(9-7-20)35(16-18-3-4-18)22-10-12-25-26(13-22)38-17-37-25/h5,10-13,18,20-21H,3-4,6-9,16-17H2,1-2H3/t20-,21-. The molecule has 3 aromatic rings. The minimum absolute atomic E-state index is 0.0722. The number of nitrogens with zero attached hydrogens (tertiary/aromatic N) is 6. The minimum atomic E-state index is -0.347. The fraction of sp³-hybridized carbons (Fsp3) is 0.448. The molecule has 0 atom stereocenters. The smallest absolute Gasteiger partial charge is 0.270 e. The topological polar surface area (TPSA) is 107 Å². The van der Waals surface area contributed by atoms with Crippen LogP contribution in [0.4, 0.5) is 11.4 Å². The summed E-state index contributed by atoms with van der Waals surface area (Å²) in [6.07, 6.45) is 6.40. The molecule has 3 heterocycles. The molecular formula is C29H30N6O3. The zero-order valence-corrected chi connectivity index (χ0v) is 21.7. The van der Waals surface area contributed by atoms with Crippen molar-refractivity contribution in [1.82, 2.24) is 9.55 Å². The maximum absolute atomic E-state index is 13.1. The molecule has 2 saturated carbocycles. The van der Waals surface area contributed by atoms with Crippen LogP contribution < -0.4 is 24.8 Å². The number of aromatic nitrogens is 2. The van der Waals surface area contributed by atoms with E-state index in [1.54, 1.807) is 19.2 Å². The Balaban J connectivity index is 1.27. The van der Waals surface area contributed by atoms with Crippen molar-refractivity contribution in [2.45, 2.75) is 50.6 Å². The van der Waals surface area contributed by atoms with E-state index >= 15 is 0 Å². The molecule has 2 aromatic heterocycles. The number of pyridine rings is 2. The van der Waals surface area contributed by atoms with E-state index in [4.69, 9.17) is 9.47 Å². The van der Waals surface area contributed by atoms with Crippen LogP contribution in [0.1, 0.15) is 49.8 Å². The number of rotatable bonds is 6. The molecule has 3 aliphatic rings. The third-order valence-electron chi connectivity index (χ3n) is 8.29. The summed E-state index contributed by atoms with van der Waals surface area (Å²) >= 11 is 0. The SMILES string of the molecule is Cn1c(=O)c(C#N)c(N(C)[C@H]2CC[C@H](N(CC3CC3)c3ccc4c(c3)OCO4)CC2)c2nc(C#N)ccc21. The summed E-state index contributed by atoms with van der Waals surface area (Å²) in [5, 5.41) is 19.4. The number of anilines is 2. The summed E-state index contributed by atoms with van der Waals surface area (Å²) in [7, 11) is 3.58. The summed E-state index contributed by atoms with van der Waals surface area (Å²) in [5.41, 5.74) is 2.82. The Hall–Kier alpha value is -4.24. The molecule has 1 aromatic carbocycles. The van der Waals surface area contributed by atoms with Crippen LogP contribution in [0.2, 0.25) is 0 Å². The van der Waals surface area contributed by atoms with Gasteiger partial charge < -0.3 is 23.8 Å². The molecular weight excluding hydrogens is 480 g/mol. The number of ether oxygens (including phenoxy) is 2. The highest BCUT2D eigenvalue weighted by Crippen LogP contribution is 2.41. The molecule has 9 nitrogen and oxygen atoms in total. The van der Waals surface area contributed by atoms with E-state index in [1.807, 2.05) is 13.1 Å². The van der Waals surface area contributed by atoms with Gasteiger partial charge in [-0.2, -0.15) is 10.5 Å². The van der Waals surface area contributed by atoms with Gasteiger partial charge in [-0.25, -0.2) is 4.98 Å². The lowest BCUT2D eigenvalue weighted by atomic mass is 9.88. The monoisotopic (exact) mass is 510 g/mol. The molecule has 0 spiro atoms. The first-order chi connectivity index (χ1) is 18.5. The third-order valence-corrected chi connectivity index (χ3v) is 8.29. The molecule has 0 saturated heterocycles. The van der Waals surface area contributed by atoms with E-state index < -0.39 is 0 Å². The second-order valence-corrected chi connectivity index (χ2v) is 10.6. The van der Waals surface area contributed by atoms with E-state index in [-0.39, 0.29) is 29.7 Å². The summed E-state index contributed by atoms with van der Waals surface area (Å²) in [5.74, 6) is 2.35. The van der Waals surface area contributed by atoms with Gasteiger partial charge in [0.15, 0.2) is 11.5 Å². The molecule has 0 bridgehead atoms. The number of hydrogen-bond donors (Lipinski definition) is 0. The molecule has 194 valence electrons. The van der Waals surface area contributed by atoms with Gasteiger partial charge in [0.05, 0.1) is 11.2 Å². The quantitative estimate of drug-likeness (QED) is 0.488. The highest BCUT2D eigenvalue weighted by molar-refractivity contribution is 5.92. The first-order valence-corrected chi connectivity index (χ1v) is 13.2. The summed E-state index contributed by atoms with van der Waals surface area (Å²) in [4.78, 5) is 22.2. The largest absolute Gasteiger partial charge is 0.454 e. The Morgan fingerprint density at radius 3 is 2.45 bits per heavy atom. The van der Waals surface area contributed by atoms with E-state index in [2.05, 4.69) is 39.1 Å². The van der Waals surface area contributed by atoms with Crippen LogP contribution in [0.25, 0.3) is 11.0 Å². The lowest BCUT2D eigenvalue weighted by molar-refractivity contribution is 0.174. The first kappa shape index (κ1) is 24.1. The molecule has 0 unspecified atom stereocenters. The average Bonchev–Trinajstić information content (AvgIpc) is 3.66. The van der Waals surface area contributed by atoms with Crippen molar-refractivity contribution in [2.24, 2.45) is 13.0 Å². The van der Waals surface area contributed by atoms with Crippen LogP contribution in [0.15, 0.2) is 35.1 Å². The molecule has 1 aliphatic heterocycles. The van der Waals surface area contributed by atoms with Crippen molar-refractivity contribution >= 4 is 22.4 Å². The third kappa shape index (κ3) is 4.18. The second-order valence-electron chi connectivity index (χ2n) is 10.6. The Kier molecular flexibility index (Phi) is 6.07. The van der Waals surface area contributed by atoms with Crippen molar-refractivity contribution in [3.8, 4) is 23.6 Å². The van der Waals surface area contributed by atoms with Crippen LogP contribution in [-0.4, -0.2) is 42.0 Å². The van der Waals surface area contributed by atoms with E-state index in [0.29, 0.717) is 22.8 Å². The highest BCUT2D eigenvalue weighted by Gasteiger charge is 2.34. The van der Waals surface area contributed by atoms with Crippen LogP contribution in [0, 0.1) is 28.6 Å². The molecule has 2 fully saturated rings. The van der Waals surface area contributed by atoms with Crippen LogP contribution in [0.5, 0.6) is 11.5 Å². The van der Waals surface area contributed by atoms with E-state index in [0.717, 1.165) is 49.6 Å². The van der Waals surface area contributed by atoms with E-state index in [9.17, 15) is 15.3 Å². The Bertz CT molecular complexity index is 1540. The Morgan fingerprint density at radius 1 is 1.00 bits per heavy atom. The Labute approximate surface area is 221 Å². The number of fused-ring (bicyclic) bond motifs is 2. The van der Waals surface area contributed by atoms with Crippen molar-refractivity contribution < 1.29 is 9.47 Å². The number of benzene rings is 1. The number of hydrogen-bond acceptors (Lipinski definition) is 8.